The van der Waals surface area contributed by atoms with Crippen molar-refractivity contribution in [1.82, 2.24) is 9.88 Å². The molecule has 2 rings (SSSR count). The van der Waals surface area contributed by atoms with Crippen LogP contribution in [0.5, 0.6) is 0 Å². The van der Waals surface area contributed by atoms with Gasteiger partial charge in [-0.15, -0.1) is 0 Å². The number of nitrogens with one attached hydrogen (secondary N) is 1. The number of nitrogens with zero attached hydrogens (tertiary/aromatic N) is 2. The van der Waals surface area contributed by atoms with Gasteiger partial charge in [-0.1, -0.05) is 12.1 Å². The van der Waals surface area contributed by atoms with Crippen LogP contribution in [-0.2, 0) is 0 Å². The van der Waals surface area contributed by atoms with Crippen LogP contribution in [-0.4, -0.2) is 34.8 Å². The lowest BCUT2D eigenvalue weighted by atomic mass is 10.2. The van der Waals surface area contributed by atoms with Gasteiger partial charge in [0.05, 0.1) is 5.69 Å². The largest absolute Gasteiger partial charge is 0.339 e. The molecule has 0 aliphatic carbocycles. The van der Waals surface area contributed by atoms with Gasteiger partial charge in [0.2, 0.25) is 0 Å². The molecule has 2 amide bonds. The third-order valence-electron chi connectivity index (χ3n) is 3.41. The van der Waals surface area contributed by atoms with E-state index in [2.05, 4.69) is 26.2 Å². The van der Waals surface area contributed by atoms with E-state index >= 15 is 0 Å². The lowest BCUT2D eigenvalue weighted by Gasteiger charge is -2.18. The summed E-state index contributed by atoms with van der Waals surface area (Å²) < 4.78 is 0.781. The van der Waals surface area contributed by atoms with Crippen molar-refractivity contribution in [3.63, 3.8) is 0 Å². The van der Waals surface area contributed by atoms with Crippen molar-refractivity contribution in [2.24, 2.45) is 0 Å². The SMILES string of the molecule is CCN(CC)C(=O)c1ccnc(C(=O)Nc2ccccc2Br)c1. The van der Waals surface area contributed by atoms with Crippen molar-refractivity contribution >= 4 is 33.4 Å². The minimum atomic E-state index is -0.355. The van der Waals surface area contributed by atoms with E-state index in [-0.39, 0.29) is 17.5 Å². The van der Waals surface area contributed by atoms with Gasteiger partial charge in [-0.2, -0.15) is 0 Å². The van der Waals surface area contributed by atoms with Crippen molar-refractivity contribution in [2.75, 3.05) is 18.4 Å². The molecule has 0 saturated heterocycles. The molecule has 5 nitrogen and oxygen atoms in total. The number of benzene rings is 1. The quantitative estimate of drug-likeness (QED) is 0.868. The zero-order valence-electron chi connectivity index (χ0n) is 13.0. The Bertz CT molecular complexity index is 714. The van der Waals surface area contributed by atoms with E-state index in [1.54, 1.807) is 17.0 Å². The summed E-state index contributed by atoms with van der Waals surface area (Å²) in [6.07, 6.45) is 1.48. The number of carbonyl (C=O) groups excluding carboxylic acids is 2. The van der Waals surface area contributed by atoms with Gasteiger partial charge in [0.25, 0.3) is 11.8 Å². The molecular weight excluding hydrogens is 358 g/mol. The molecule has 1 aromatic heterocycles. The Morgan fingerprint density at radius 1 is 1.17 bits per heavy atom. The highest BCUT2D eigenvalue weighted by atomic mass is 79.9. The van der Waals surface area contributed by atoms with Gasteiger partial charge in [0.1, 0.15) is 5.69 Å². The zero-order valence-corrected chi connectivity index (χ0v) is 14.6. The number of anilines is 1. The molecule has 0 aliphatic heterocycles. The summed E-state index contributed by atoms with van der Waals surface area (Å²) in [5, 5.41) is 2.78. The summed E-state index contributed by atoms with van der Waals surface area (Å²) in [5.41, 5.74) is 1.32. The van der Waals surface area contributed by atoms with Crippen molar-refractivity contribution in [1.29, 1.82) is 0 Å². The van der Waals surface area contributed by atoms with Gasteiger partial charge in [-0.25, -0.2) is 0 Å². The van der Waals surface area contributed by atoms with Crippen LogP contribution in [0, 0.1) is 0 Å². The lowest BCUT2D eigenvalue weighted by molar-refractivity contribution is 0.0773. The maximum absolute atomic E-state index is 12.4. The molecule has 0 aliphatic rings. The van der Waals surface area contributed by atoms with Crippen LogP contribution in [0.15, 0.2) is 47.1 Å². The first-order chi connectivity index (χ1) is 11.1. The summed E-state index contributed by atoms with van der Waals surface area (Å²) in [7, 11) is 0. The second-order valence-electron chi connectivity index (χ2n) is 4.84. The predicted molar refractivity (Wildman–Crippen MR) is 93.6 cm³/mol. The maximum Gasteiger partial charge on any atom is 0.274 e. The number of hydrogen-bond acceptors (Lipinski definition) is 3. The molecule has 0 unspecified atom stereocenters. The number of rotatable bonds is 5. The van der Waals surface area contributed by atoms with Gasteiger partial charge in [-0.05, 0) is 54.0 Å². The average molecular weight is 376 g/mol. The zero-order chi connectivity index (χ0) is 16.8. The Morgan fingerprint density at radius 2 is 1.87 bits per heavy atom. The third kappa shape index (κ3) is 4.16. The summed E-state index contributed by atoms with van der Waals surface area (Å²) >= 11 is 3.38. The monoisotopic (exact) mass is 375 g/mol. The Kier molecular flexibility index (Phi) is 5.87. The van der Waals surface area contributed by atoms with Crippen LogP contribution in [0.2, 0.25) is 0 Å². The van der Waals surface area contributed by atoms with Crippen molar-refractivity contribution in [3.05, 3.63) is 58.3 Å². The Labute approximate surface area is 143 Å². The summed E-state index contributed by atoms with van der Waals surface area (Å²) in [5.74, 6) is -0.460. The van der Waals surface area contributed by atoms with Gasteiger partial charge < -0.3 is 10.2 Å². The third-order valence-corrected chi connectivity index (χ3v) is 4.10. The van der Waals surface area contributed by atoms with Crippen LogP contribution in [0.25, 0.3) is 0 Å². The van der Waals surface area contributed by atoms with Gasteiger partial charge in [-0.3, -0.25) is 14.6 Å². The summed E-state index contributed by atoms with van der Waals surface area (Å²) in [6.45, 7) is 5.08. The number of hydrogen-bond donors (Lipinski definition) is 1. The van der Waals surface area contributed by atoms with Crippen molar-refractivity contribution < 1.29 is 9.59 Å². The van der Waals surface area contributed by atoms with Crippen molar-refractivity contribution in [2.45, 2.75) is 13.8 Å². The van der Waals surface area contributed by atoms with E-state index in [4.69, 9.17) is 0 Å². The number of para-hydroxylation sites is 1. The molecule has 23 heavy (non-hydrogen) atoms. The first kappa shape index (κ1) is 17.1. The standard InChI is InChI=1S/C17H18BrN3O2/c1-3-21(4-2)17(23)12-9-10-19-15(11-12)16(22)20-14-8-6-5-7-13(14)18/h5-11H,3-4H2,1-2H3,(H,20,22). The number of amides is 2. The molecule has 0 spiro atoms. The molecule has 1 N–H and O–H groups in total. The van der Waals surface area contributed by atoms with Gasteiger partial charge in [0, 0.05) is 29.3 Å². The number of aromatic nitrogens is 1. The first-order valence-electron chi connectivity index (χ1n) is 7.38. The van der Waals surface area contributed by atoms with Crippen LogP contribution in [0.4, 0.5) is 5.69 Å². The molecule has 0 radical (unpaired) electrons. The molecule has 0 fully saturated rings. The topological polar surface area (TPSA) is 62.3 Å². The fourth-order valence-electron chi connectivity index (χ4n) is 2.13. The highest BCUT2D eigenvalue weighted by Crippen LogP contribution is 2.21. The van der Waals surface area contributed by atoms with Gasteiger partial charge in [0.15, 0.2) is 0 Å². The average Bonchev–Trinajstić information content (AvgIpc) is 2.58. The van der Waals surface area contributed by atoms with Crippen LogP contribution in [0.3, 0.4) is 0 Å². The molecule has 2 aromatic rings. The fraction of sp³-hybridized carbons (Fsp3) is 0.235. The summed E-state index contributed by atoms with van der Waals surface area (Å²) in [4.78, 5) is 30.4. The number of pyridine rings is 1. The van der Waals surface area contributed by atoms with E-state index in [1.165, 1.54) is 12.3 Å². The molecule has 0 saturated carbocycles. The van der Waals surface area contributed by atoms with E-state index in [9.17, 15) is 9.59 Å². The lowest BCUT2D eigenvalue weighted by Crippen LogP contribution is -2.30. The van der Waals surface area contributed by atoms with Crippen LogP contribution in [0.1, 0.15) is 34.7 Å². The number of halogens is 1. The van der Waals surface area contributed by atoms with Crippen LogP contribution < -0.4 is 5.32 Å². The second kappa shape index (κ2) is 7.87. The van der Waals surface area contributed by atoms with E-state index < -0.39 is 0 Å². The fourth-order valence-corrected chi connectivity index (χ4v) is 2.51. The maximum atomic E-state index is 12.4. The smallest absolute Gasteiger partial charge is 0.274 e. The van der Waals surface area contributed by atoms with Gasteiger partial charge >= 0.3 is 0 Å². The van der Waals surface area contributed by atoms with E-state index in [0.717, 1.165) is 4.47 Å². The minimum absolute atomic E-state index is 0.104. The molecule has 0 atom stereocenters. The second-order valence-corrected chi connectivity index (χ2v) is 5.70. The van der Waals surface area contributed by atoms with Crippen LogP contribution >= 0.6 is 15.9 Å². The Hall–Kier alpha value is -2.21. The molecule has 1 heterocycles. The summed E-state index contributed by atoms with van der Waals surface area (Å²) in [6, 6.07) is 10.5. The first-order valence-corrected chi connectivity index (χ1v) is 8.17. The minimum Gasteiger partial charge on any atom is -0.339 e. The Morgan fingerprint density at radius 3 is 2.52 bits per heavy atom. The number of carbonyl (C=O) groups is 2. The molecule has 120 valence electrons. The highest BCUT2D eigenvalue weighted by Gasteiger charge is 2.16. The Balaban J connectivity index is 2.21. The molecule has 6 heteroatoms. The molecule has 0 bridgehead atoms. The molecule has 1 aromatic carbocycles. The van der Waals surface area contributed by atoms with E-state index in [1.807, 2.05) is 32.0 Å². The highest BCUT2D eigenvalue weighted by molar-refractivity contribution is 9.10. The van der Waals surface area contributed by atoms with Crippen molar-refractivity contribution in [3.8, 4) is 0 Å². The predicted octanol–water partition coefficient (Wildman–Crippen LogP) is 3.58. The normalized spacial score (nSPS) is 10.2. The molecular formula is C17H18BrN3O2. The van der Waals surface area contributed by atoms with E-state index in [0.29, 0.717) is 24.3 Å².